The van der Waals surface area contributed by atoms with E-state index in [0.29, 0.717) is 13.2 Å². The Morgan fingerprint density at radius 3 is 2.82 bits per heavy atom. The highest BCUT2D eigenvalue weighted by Crippen LogP contribution is 2.48. The van der Waals surface area contributed by atoms with Gasteiger partial charge in [0.25, 0.3) is 0 Å². The van der Waals surface area contributed by atoms with Crippen molar-refractivity contribution >= 4 is 11.6 Å². The Morgan fingerprint density at radius 1 is 1.36 bits per heavy atom. The highest BCUT2D eigenvalue weighted by Gasteiger charge is 2.48. The number of hydrogen-bond acceptors (Lipinski definition) is 4. The minimum atomic E-state index is -0.443. The van der Waals surface area contributed by atoms with E-state index in [1.54, 1.807) is 0 Å². The number of benzene rings is 1. The standard InChI is InChI=1S/C17H23NO4/c1-2-21-13-3-4-15-14(11-13)17(16(20)18-15)7-5-12(6-8-17)22-10-9-19/h3-4,11-12,19H,2,5-10H2,1H3,(H,18,20). The molecule has 1 spiro atoms. The lowest BCUT2D eigenvalue weighted by Gasteiger charge is -2.35. The van der Waals surface area contributed by atoms with Crippen LogP contribution in [0.4, 0.5) is 5.69 Å². The highest BCUT2D eigenvalue weighted by molar-refractivity contribution is 6.06. The molecular weight excluding hydrogens is 282 g/mol. The quantitative estimate of drug-likeness (QED) is 0.875. The number of amides is 1. The van der Waals surface area contributed by atoms with E-state index in [-0.39, 0.29) is 18.6 Å². The van der Waals surface area contributed by atoms with Crippen LogP contribution in [-0.4, -0.2) is 36.9 Å². The summed E-state index contributed by atoms with van der Waals surface area (Å²) < 4.78 is 11.2. The summed E-state index contributed by atoms with van der Waals surface area (Å²) in [4.78, 5) is 12.6. The van der Waals surface area contributed by atoms with Crippen molar-refractivity contribution in [2.75, 3.05) is 25.1 Å². The van der Waals surface area contributed by atoms with Gasteiger partial charge in [-0.1, -0.05) is 0 Å². The molecule has 1 amide bonds. The molecule has 2 aliphatic rings. The van der Waals surface area contributed by atoms with Gasteiger partial charge < -0.3 is 19.9 Å². The number of rotatable bonds is 5. The summed E-state index contributed by atoms with van der Waals surface area (Å²) in [6.07, 6.45) is 3.37. The van der Waals surface area contributed by atoms with Crippen molar-refractivity contribution in [2.45, 2.75) is 44.1 Å². The van der Waals surface area contributed by atoms with Crippen LogP contribution in [0.25, 0.3) is 0 Å². The number of carbonyl (C=O) groups excluding carboxylic acids is 1. The van der Waals surface area contributed by atoms with E-state index in [4.69, 9.17) is 14.6 Å². The van der Waals surface area contributed by atoms with Crippen molar-refractivity contribution in [3.63, 3.8) is 0 Å². The van der Waals surface area contributed by atoms with Gasteiger partial charge in [-0.15, -0.1) is 0 Å². The van der Waals surface area contributed by atoms with Crippen LogP contribution in [0, 0.1) is 0 Å². The van der Waals surface area contributed by atoms with Crippen LogP contribution >= 0.6 is 0 Å². The topological polar surface area (TPSA) is 67.8 Å². The lowest BCUT2D eigenvalue weighted by molar-refractivity contribution is -0.123. The highest BCUT2D eigenvalue weighted by atomic mass is 16.5. The fraction of sp³-hybridized carbons (Fsp3) is 0.588. The summed E-state index contributed by atoms with van der Waals surface area (Å²) in [7, 11) is 0. The number of aliphatic hydroxyl groups is 1. The van der Waals surface area contributed by atoms with Gasteiger partial charge in [-0.2, -0.15) is 0 Å². The number of carbonyl (C=O) groups is 1. The average molecular weight is 305 g/mol. The van der Waals surface area contributed by atoms with Gasteiger partial charge in [-0.25, -0.2) is 0 Å². The van der Waals surface area contributed by atoms with Crippen LogP contribution in [0.1, 0.15) is 38.2 Å². The Bertz CT molecular complexity index is 550. The number of hydrogen-bond donors (Lipinski definition) is 2. The second-order valence-corrected chi connectivity index (χ2v) is 5.97. The molecule has 0 atom stereocenters. The lowest BCUT2D eigenvalue weighted by Crippen LogP contribution is -2.40. The summed E-state index contributed by atoms with van der Waals surface area (Å²) in [5.41, 5.74) is 1.52. The molecule has 2 N–H and O–H groups in total. The maximum atomic E-state index is 12.6. The van der Waals surface area contributed by atoms with Crippen LogP contribution in [-0.2, 0) is 14.9 Å². The molecule has 5 heteroatoms. The summed E-state index contributed by atoms with van der Waals surface area (Å²) in [5.74, 6) is 0.910. The Kier molecular flexibility index (Phi) is 4.36. The van der Waals surface area contributed by atoms with Gasteiger partial charge in [0.15, 0.2) is 0 Å². The van der Waals surface area contributed by atoms with Crippen molar-refractivity contribution in [3.8, 4) is 5.75 Å². The Balaban J connectivity index is 1.81. The number of nitrogens with one attached hydrogen (secondary N) is 1. The maximum absolute atomic E-state index is 12.6. The lowest BCUT2D eigenvalue weighted by atomic mass is 9.69. The molecule has 1 aromatic rings. The number of anilines is 1. The molecule has 1 saturated carbocycles. The van der Waals surface area contributed by atoms with Crippen LogP contribution in [0.15, 0.2) is 18.2 Å². The minimum absolute atomic E-state index is 0.0443. The van der Waals surface area contributed by atoms with Gasteiger partial charge in [0.2, 0.25) is 5.91 Å². The molecule has 5 nitrogen and oxygen atoms in total. The molecule has 1 aromatic carbocycles. The smallest absolute Gasteiger partial charge is 0.235 e. The summed E-state index contributed by atoms with van der Waals surface area (Å²) in [6, 6.07) is 5.84. The van der Waals surface area contributed by atoms with E-state index in [9.17, 15) is 4.79 Å². The molecule has 3 rings (SSSR count). The van der Waals surface area contributed by atoms with Crippen molar-refractivity contribution in [1.82, 2.24) is 0 Å². The van der Waals surface area contributed by atoms with Crippen molar-refractivity contribution in [1.29, 1.82) is 0 Å². The predicted molar refractivity (Wildman–Crippen MR) is 83.2 cm³/mol. The molecule has 1 heterocycles. The summed E-state index contributed by atoms with van der Waals surface area (Å²) >= 11 is 0. The van der Waals surface area contributed by atoms with Crippen LogP contribution in [0.2, 0.25) is 0 Å². The number of aliphatic hydroxyl groups excluding tert-OH is 1. The van der Waals surface area contributed by atoms with Crippen molar-refractivity contribution in [2.24, 2.45) is 0 Å². The van der Waals surface area contributed by atoms with Gasteiger partial charge in [-0.05, 0) is 56.4 Å². The molecule has 1 aliphatic carbocycles. The van der Waals surface area contributed by atoms with E-state index >= 15 is 0 Å². The minimum Gasteiger partial charge on any atom is -0.494 e. The second-order valence-electron chi connectivity index (χ2n) is 5.97. The van der Waals surface area contributed by atoms with Gasteiger partial charge in [0.1, 0.15) is 5.75 Å². The molecule has 1 fully saturated rings. The van der Waals surface area contributed by atoms with Gasteiger partial charge in [-0.3, -0.25) is 4.79 Å². The van der Waals surface area contributed by atoms with Crippen LogP contribution in [0.5, 0.6) is 5.75 Å². The van der Waals surface area contributed by atoms with Crippen LogP contribution < -0.4 is 10.1 Å². The molecule has 0 bridgehead atoms. The monoisotopic (exact) mass is 305 g/mol. The zero-order chi connectivity index (χ0) is 15.6. The SMILES string of the molecule is CCOc1ccc2c(c1)C1(CCC(OCCO)CC1)C(=O)N2. The predicted octanol–water partition coefficient (Wildman–Crippen LogP) is 2.23. The first-order valence-electron chi connectivity index (χ1n) is 8.01. The third-order valence-corrected chi connectivity index (χ3v) is 4.73. The van der Waals surface area contributed by atoms with E-state index in [1.807, 2.05) is 25.1 Å². The Labute approximate surface area is 130 Å². The zero-order valence-electron chi connectivity index (χ0n) is 12.9. The third kappa shape index (κ3) is 2.59. The Hall–Kier alpha value is -1.59. The molecule has 0 radical (unpaired) electrons. The molecule has 1 aliphatic heterocycles. The molecule has 0 aromatic heterocycles. The molecule has 22 heavy (non-hydrogen) atoms. The largest absolute Gasteiger partial charge is 0.494 e. The Morgan fingerprint density at radius 2 is 2.14 bits per heavy atom. The molecule has 120 valence electrons. The number of fused-ring (bicyclic) bond motifs is 2. The summed E-state index contributed by atoms with van der Waals surface area (Å²) in [5, 5.41) is 11.9. The normalized spacial score (nSPS) is 26.8. The summed E-state index contributed by atoms with van der Waals surface area (Å²) in [6.45, 7) is 2.98. The zero-order valence-corrected chi connectivity index (χ0v) is 12.9. The first kappa shape index (κ1) is 15.3. The van der Waals surface area contributed by atoms with E-state index < -0.39 is 5.41 Å². The first-order chi connectivity index (χ1) is 10.7. The van der Waals surface area contributed by atoms with Crippen molar-refractivity contribution < 1.29 is 19.4 Å². The second kappa shape index (κ2) is 6.26. The molecule has 0 saturated heterocycles. The van der Waals surface area contributed by atoms with Crippen molar-refractivity contribution in [3.05, 3.63) is 23.8 Å². The van der Waals surface area contributed by atoms with Gasteiger partial charge >= 0.3 is 0 Å². The average Bonchev–Trinajstić information content (AvgIpc) is 2.80. The van der Waals surface area contributed by atoms with E-state index in [0.717, 1.165) is 42.7 Å². The van der Waals surface area contributed by atoms with E-state index in [2.05, 4.69) is 5.32 Å². The van der Waals surface area contributed by atoms with Gasteiger partial charge in [0, 0.05) is 5.69 Å². The van der Waals surface area contributed by atoms with E-state index in [1.165, 1.54) is 0 Å². The maximum Gasteiger partial charge on any atom is 0.235 e. The third-order valence-electron chi connectivity index (χ3n) is 4.73. The van der Waals surface area contributed by atoms with Gasteiger partial charge in [0.05, 0.1) is 31.3 Å². The molecular formula is C17H23NO4. The first-order valence-corrected chi connectivity index (χ1v) is 8.01. The number of ether oxygens (including phenoxy) is 2. The fourth-order valence-corrected chi connectivity index (χ4v) is 3.62. The molecule has 0 unspecified atom stereocenters. The van der Waals surface area contributed by atoms with Crippen LogP contribution in [0.3, 0.4) is 0 Å². The fourth-order valence-electron chi connectivity index (χ4n) is 3.62.